The lowest BCUT2D eigenvalue weighted by Gasteiger charge is -2.49. The van der Waals surface area contributed by atoms with E-state index in [0.717, 1.165) is 7.11 Å². The summed E-state index contributed by atoms with van der Waals surface area (Å²) in [6.45, 7) is 13.4. The minimum absolute atomic E-state index is 0.0462. The fraction of sp³-hybridized carbons (Fsp3) is 0.812. The lowest BCUT2D eigenvalue weighted by molar-refractivity contribution is -0.175. The van der Waals surface area contributed by atoms with E-state index < -0.39 is 43.7 Å². The third-order valence-electron chi connectivity index (χ3n) is 5.43. The zero-order valence-corrected chi connectivity index (χ0v) is 16.7. The van der Waals surface area contributed by atoms with Gasteiger partial charge in [0, 0.05) is 0 Å². The number of β-lactam (4-membered cyclic amide) rings is 1. The molecular formula is C16H29NO6Si. The molecule has 8 heteroatoms. The Bertz CT molecular complexity index is 541. The number of ether oxygens (including phenoxy) is 1. The smallest absolute Gasteiger partial charge is 0.325 e. The van der Waals surface area contributed by atoms with Crippen LogP contribution in [0.25, 0.3) is 0 Å². The van der Waals surface area contributed by atoms with Crippen LogP contribution in [0, 0.1) is 11.3 Å². The summed E-state index contributed by atoms with van der Waals surface area (Å²) in [5.74, 6) is -3.23. The van der Waals surface area contributed by atoms with Crippen molar-refractivity contribution in [1.82, 2.24) is 5.32 Å². The van der Waals surface area contributed by atoms with E-state index in [-0.39, 0.29) is 10.9 Å². The number of esters is 1. The van der Waals surface area contributed by atoms with Crippen LogP contribution >= 0.6 is 0 Å². The van der Waals surface area contributed by atoms with Gasteiger partial charge in [-0.3, -0.25) is 14.4 Å². The molecule has 0 unspecified atom stereocenters. The first kappa shape index (κ1) is 20.6. The van der Waals surface area contributed by atoms with Crippen LogP contribution in [0.3, 0.4) is 0 Å². The Morgan fingerprint density at radius 1 is 1.25 bits per heavy atom. The van der Waals surface area contributed by atoms with Crippen LogP contribution in [-0.2, 0) is 23.5 Å². The molecule has 1 saturated heterocycles. The van der Waals surface area contributed by atoms with E-state index in [4.69, 9.17) is 4.43 Å². The molecule has 1 aliphatic rings. The summed E-state index contributed by atoms with van der Waals surface area (Å²) in [5, 5.41) is 12.0. The number of rotatable bonds is 6. The molecule has 1 fully saturated rings. The van der Waals surface area contributed by atoms with E-state index in [1.54, 1.807) is 6.92 Å². The molecular weight excluding hydrogens is 331 g/mol. The summed E-state index contributed by atoms with van der Waals surface area (Å²) in [6, 6.07) is -0.866. The van der Waals surface area contributed by atoms with E-state index in [1.165, 1.54) is 6.92 Å². The van der Waals surface area contributed by atoms with Gasteiger partial charge in [0.25, 0.3) is 0 Å². The minimum atomic E-state index is -2.14. The number of carboxylic acid groups (broad SMARTS) is 1. The van der Waals surface area contributed by atoms with Crippen LogP contribution in [0.1, 0.15) is 34.6 Å². The zero-order valence-electron chi connectivity index (χ0n) is 15.7. The van der Waals surface area contributed by atoms with Crippen molar-refractivity contribution < 1.29 is 28.7 Å². The normalized spacial score (nSPS) is 25.1. The topological polar surface area (TPSA) is 102 Å². The summed E-state index contributed by atoms with van der Waals surface area (Å²) in [4.78, 5) is 35.8. The second-order valence-electron chi connectivity index (χ2n) is 8.09. The van der Waals surface area contributed by atoms with Crippen molar-refractivity contribution in [1.29, 1.82) is 0 Å². The first-order chi connectivity index (χ1) is 10.7. The minimum Gasteiger partial charge on any atom is -0.480 e. The molecule has 7 nitrogen and oxygen atoms in total. The van der Waals surface area contributed by atoms with E-state index in [2.05, 4.69) is 43.9 Å². The average molecular weight is 360 g/mol. The molecule has 0 aromatic rings. The van der Waals surface area contributed by atoms with Crippen LogP contribution in [0.5, 0.6) is 0 Å². The molecule has 0 bridgehead atoms. The molecule has 1 rings (SSSR count). The molecule has 0 aliphatic carbocycles. The molecule has 2 N–H and O–H groups in total. The van der Waals surface area contributed by atoms with Gasteiger partial charge in [-0.25, -0.2) is 0 Å². The maximum Gasteiger partial charge on any atom is 0.325 e. The highest BCUT2D eigenvalue weighted by molar-refractivity contribution is 6.74. The highest BCUT2D eigenvalue weighted by Gasteiger charge is 2.61. The first-order valence-electron chi connectivity index (χ1n) is 8.00. The Kier molecular flexibility index (Phi) is 5.57. The molecule has 138 valence electrons. The van der Waals surface area contributed by atoms with Gasteiger partial charge in [-0.15, -0.1) is 0 Å². The standard InChI is InChI=1S/C16H29NO6Si/c1-9(23-24(7,8)15(2,3)4)10-11(17-12(10)18)16(5,13(19)20)14(21)22-6/h9-11H,1-8H3,(H,17,18)(H,19,20)/t9-,10-,11+,16-/m1/s1/i13+1. The number of hydrogen-bond donors (Lipinski definition) is 2. The number of methoxy groups -OCH3 is 1. The number of nitrogens with one attached hydrogen (secondary N) is 1. The Labute approximate surface area is 144 Å². The van der Waals surface area contributed by atoms with Crippen molar-refractivity contribution in [2.24, 2.45) is 11.3 Å². The first-order valence-corrected chi connectivity index (χ1v) is 10.9. The quantitative estimate of drug-likeness (QED) is 0.246. The van der Waals surface area contributed by atoms with Gasteiger partial charge < -0.3 is 19.6 Å². The Morgan fingerprint density at radius 2 is 1.75 bits per heavy atom. The van der Waals surface area contributed by atoms with E-state index in [9.17, 15) is 19.5 Å². The molecule has 0 aromatic carbocycles. The fourth-order valence-electron chi connectivity index (χ4n) is 2.66. The molecule has 0 spiro atoms. The third-order valence-corrected chi connectivity index (χ3v) is 10.0. The molecule has 1 aliphatic heterocycles. The number of carbonyl (C=O) groups is 3. The average Bonchev–Trinajstić information content (AvgIpc) is 2.40. The van der Waals surface area contributed by atoms with Gasteiger partial charge in [0.15, 0.2) is 13.7 Å². The Morgan fingerprint density at radius 3 is 2.08 bits per heavy atom. The lowest BCUT2D eigenvalue weighted by Crippen LogP contribution is -2.72. The largest absolute Gasteiger partial charge is 0.480 e. The summed E-state index contributed by atoms with van der Waals surface area (Å²) < 4.78 is 10.9. The van der Waals surface area contributed by atoms with E-state index >= 15 is 0 Å². The predicted octanol–water partition coefficient (Wildman–Crippen LogP) is 1.78. The van der Waals surface area contributed by atoms with Crippen LogP contribution in [0.4, 0.5) is 0 Å². The molecule has 0 radical (unpaired) electrons. The number of aliphatic carboxylic acids is 1. The van der Waals surface area contributed by atoms with Crippen LogP contribution in [0.15, 0.2) is 0 Å². The van der Waals surface area contributed by atoms with Crippen LogP contribution < -0.4 is 5.32 Å². The van der Waals surface area contributed by atoms with Crippen molar-refractivity contribution in [3.05, 3.63) is 0 Å². The third kappa shape index (κ3) is 3.35. The molecule has 0 aromatic heterocycles. The summed E-state index contributed by atoms with van der Waals surface area (Å²) in [6.07, 6.45) is -0.493. The highest BCUT2D eigenvalue weighted by Crippen LogP contribution is 2.41. The van der Waals surface area contributed by atoms with Gasteiger partial charge in [-0.05, 0) is 32.0 Å². The van der Waals surface area contributed by atoms with Crippen molar-refractivity contribution in [3.8, 4) is 0 Å². The maximum absolute atomic E-state index is 12.1. The van der Waals surface area contributed by atoms with Crippen molar-refractivity contribution in [3.63, 3.8) is 0 Å². The molecule has 0 saturated carbocycles. The lowest BCUT2D eigenvalue weighted by atomic mass is 9.73. The Balaban J connectivity index is 3.08. The number of hydrogen-bond acceptors (Lipinski definition) is 5. The SMILES string of the molecule is COC(=O)[C@](C)([C@H]1NC(=O)[C@@H]1[C@@H](C)O[Si](C)(C)C(C)(C)C)[13C](=O)O. The van der Waals surface area contributed by atoms with Gasteiger partial charge in [-0.1, -0.05) is 20.8 Å². The highest BCUT2D eigenvalue weighted by atomic mass is 28.4. The van der Waals surface area contributed by atoms with Gasteiger partial charge >= 0.3 is 11.9 Å². The van der Waals surface area contributed by atoms with Gasteiger partial charge in [0.05, 0.1) is 25.2 Å². The summed E-state index contributed by atoms with van der Waals surface area (Å²) in [5.41, 5.74) is -1.85. The van der Waals surface area contributed by atoms with Crippen molar-refractivity contribution >= 4 is 26.2 Å². The molecule has 1 heterocycles. The predicted molar refractivity (Wildman–Crippen MR) is 90.9 cm³/mol. The zero-order chi connectivity index (χ0) is 19.1. The van der Waals surface area contributed by atoms with Gasteiger partial charge in [0.1, 0.15) is 0 Å². The summed E-state index contributed by atoms with van der Waals surface area (Å²) >= 11 is 0. The van der Waals surface area contributed by atoms with Crippen molar-refractivity contribution in [2.75, 3.05) is 7.11 Å². The molecule has 4 atom stereocenters. The van der Waals surface area contributed by atoms with Crippen LogP contribution in [0.2, 0.25) is 18.1 Å². The van der Waals surface area contributed by atoms with Crippen molar-refractivity contribution in [2.45, 2.75) is 64.9 Å². The van der Waals surface area contributed by atoms with Crippen LogP contribution in [-0.4, -0.2) is 50.5 Å². The molecule has 24 heavy (non-hydrogen) atoms. The van der Waals surface area contributed by atoms with E-state index in [0.29, 0.717) is 0 Å². The number of carboxylic acids is 1. The maximum atomic E-state index is 12.1. The second-order valence-corrected chi connectivity index (χ2v) is 12.9. The molecule has 1 amide bonds. The monoisotopic (exact) mass is 360 g/mol. The second kappa shape index (κ2) is 6.48. The summed E-state index contributed by atoms with van der Waals surface area (Å²) in [7, 11) is -1.00. The number of carbonyl (C=O) groups excluding carboxylic acids is 2. The number of amides is 1. The van der Waals surface area contributed by atoms with E-state index in [1.807, 2.05) is 0 Å². The van der Waals surface area contributed by atoms with Gasteiger partial charge in [-0.2, -0.15) is 0 Å². The van der Waals surface area contributed by atoms with Gasteiger partial charge in [0.2, 0.25) is 5.91 Å². The fourth-order valence-corrected chi connectivity index (χ4v) is 4.09. The Hall–Kier alpha value is -1.41.